The van der Waals surface area contributed by atoms with Gasteiger partial charge in [0.05, 0.1) is 5.56 Å². The van der Waals surface area contributed by atoms with Crippen molar-refractivity contribution in [2.24, 2.45) is 11.5 Å². The number of alkyl halides is 3. The number of rotatable bonds is 3. The van der Waals surface area contributed by atoms with Crippen LogP contribution in [-0.2, 0) is 6.18 Å². The van der Waals surface area contributed by atoms with Crippen LogP contribution in [0.3, 0.4) is 0 Å². The standard InChI is InChI=1S/C10H12F4N2O.ClH/c11-6-2-1-5(10(12,13)14)8(9(6)17)7(16)3-4-15;/h1-2,7,17H,3-4,15-16H2;1H/t7-;/m1./s1. The average molecular weight is 289 g/mol. The molecule has 104 valence electrons. The molecule has 0 aliphatic carbocycles. The predicted octanol–water partition coefficient (Wildman–Crippen LogP) is 2.32. The number of hydrogen-bond acceptors (Lipinski definition) is 3. The second kappa shape index (κ2) is 6.21. The third-order valence-corrected chi connectivity index (χ3v) is 2.32. The van der Waals surface area contributed by atoms with Crippen LogP contribution in [0.5, 0.6) is 5.75 Å². The van der Waals surface area contributed by atoms with E-state index in [2.05, 4.69) is 0 Å². The number of aromatic hydroxyl groups is 1. The zero-order valence-electron chi connectivity index (χ0n) is 9.17. The van der Waals surface area contributed by atoms with Crippen molar-refractivity contribution in [2.75, 3.05) is 6.54 Å². The molecule has 0 heterocycles. The molecule has 1 aromatic rings. The molecule has 1 atom stereocenters. The van der Waals surface area contributed by atoms with Crippen LogP contribution in [0, 0.1) is 5.82 Å². The molecule has 8 heteroatoms. The maximum Gasteiger partial charge on any atom is 0.416 e. The summed E-state index contributed by atoms with van der Waals surface area (Å²) in [5.74, 6) is -2.21. The minimum Gasteiger partial charge on any atom is -0.505 e. The summed E-state index contributed by atoms with van der Waals surface area (Å²) in [6.07, 6.45) is -4.69. The molecule has 0 saturated carbocycles. The fourth-order valence-electron chi connectivity index (χ4n) is 1.53. The van der Waals surface area contributed by atoms with Gasteiger partial charge in [0.1, 0.15) is 0 Å². The quantitative estimate of drug-likeness (QED) is 0.748. The van der Waals surface area contributed by atoms with Gasteiger partial charge in [0.2, 0.25) is 0 Å². The monoisotopic (exact) mass is 288 g/mol. The summed E-state index contributed by atoms with van der Waals surface area (Å²) in [5.41, 5.74) is 8.85. The molecule has 3 nitrogen and oxygen atoms in total. The Morgan fingerprint density at radius 1 is 1.28 bits per heavy atom. The Bertz CT molecular complexity index is 412. The Morgan fingerprint density at radius 3 is 2.28 bits per heavy atom. The van der Waals surface area contributed by atoms with Gasteiger partial charge in [-0.15, -0.1) is 12.4 Å². The van der Waals surface area contributed by atoms with Crippen molar-refractivity contribution >= 4 is 12.4 Å². The van der Waals surface area contributed by atoms with Gasteiger partial charge in [0, 0.05) is 11.6 Å². The maximum atomic E-state index is 13.0. The lowest BCUT2D eigenvalue weighted by Crippen LogP contribution is -2.20. The minimum absolute atomic E-state index is 0. The molecule has 1 aromatic carbocycles. The number of benzene rings is 1. The molecule has 0 unspecified atom stereocenters. The molecule has 0 bridgehead atoms. The van der Waals surface area contributed by atoms with Crippen molar-refractivity contribution in [3.8, 4) is 5.75 Å². The second-order valence-electron chi connectivity index (χ2n) is 3.54. The zero-order valence-corrected chi connectivity index (χ0v) is 9.98. The van der Waals surface area contributed by atoms with E-state index >= 15 is 0 Å². The molecule has 0 fully saturated rings. The van der Waals surface area contributed by atoms with Crippen LogP contribution in [0.1, 0.15) is 23.6 Å². The molecule has 0 aliphatic rings. The van der Waals surface area contributed by atoms with Crippen LogP contribution < -0.4 is 11.5 Å². The first-order chi connectivity index (χ1) is 7.79. The van der Waals surface area contributed by atoms with Crippen LogP contribution in [0.15, 0.2) is 12.1 Å². The summed E-state index contributed by atoms with van der Waals surface area (Å²) in [5, 5.41) is 9.34. The van der Waals surface area contributed by atoms with Crippen molar-refractivity contribution in [3.63, 3.8) is 0 Å². The molecule has 0 aromatic heterocycles. The Hall–Kier alpha value is -1.05. The van der Waals surface area contributed by atoms with Gasteiger partial charge in [-0.25, -0.2) is 4.39 Å². The van der Waals surface area contributed by atoms with Crippen molar-refractivity contribution in [3.05, 3.63) is 29.1 Å². The summed E-state index contributed by atoms with van der Waals surface area (Å²) in [4.78, 5) is 0. The first-order valence-corrected chi connectivity index (χ1v) is 4.83. The van der Waals surface area contributed by atoms with Crippen molar-refractivity contribution in [1.82, 2.24) is 0 Å². The molecular formula is C10H13ClF4N2O. The minimum atomic E-state index is -4.70. The predicted molar refractivity (Wildman–Crippen MR) is 60.9 cm³/mol. The number of nitrogens with two attached hydrogens (primary N) is 2. The zero-order chi connectivity index (χ0) is 13.2. The van der Waals surface area contributed by atoms with Crippen molar-refractivity contribution in [2.45, 2.75) is 18.6 Å². The fraction of sp³-hybridized carbons (Fsp3) is 0.400. The SMILES string of the molecule is Cl.NCC[C@@H](N)c1c(C(F)(F)F)ccc(F)c1O. The highest BCUT2D eigenvalue weighted by Gasteiger charge is 2.36. The van der Waals surface area contributed by atoms with Gasteiger partial charge >= 0.3 is 6.18 Å². The Morgan fingerprint density at radius 2 is 1.83 bits per heavy atom. The number of hydrogen-bond donors (Lipinski definition) is 3. The lowest BCUT2D eigenvalue weighted by atomic mass is 9.96. The Balaban J connectivity index is 0.00000289. The number of phenolic OH excluding ortho intramolecular Hbond substituents is 1. The summed E-state index contributed by atoms with van der Waals surface area (Å²) < 4.78 is 51.0. The second-order valence-corrected chi connectivity index (χ2v) is 3.54. The molecular weight excluding hydrogens is 276 g/mol. The van der Waals surface area contributed by atoms with Gasteiger partial charge in [0.15, 0.2) is 11.6 Å². The third-order valence-electron chi connectivity index (χ3n) is 2.32. The Kier molecular flexibility index (Phi) is 5.85. The van der Waals surface area contributed by atoms with Crippen molar-refractivity contribution < 1.29 is 22.7 Å². The lowest BCUT2D eigenvalue weighted by Gasteiger charge is -2.19. The molecule has 0 radical (unpaired) electrons. The highest BCUT2D eigenvalue weighted by molar-refractivity contribution is 5.85. The smallest absolute Gasteiger partial charge is 0.416 e. The van der Waals surface area contributed by atoms with Gasteiger partial charge in [-0.3, -0.25) is 0 Å². The van der Waals surface area contributed by atoms with E-state index in [1.165, 1.54) is 0 Å². The molecule has 0 aliphatic heterocycles. The highest BCUT2D eigenvalue weighted by atomic mass is 35.5. The van der Waals surface area contributed by atoms with Crippen LogP contribution in [-0.4, -0.2) is 11.7 Å². The van der Waals surface area contributed by atoms with E-state index in [4.69, 9.17) is 11.5 Å². The molecule has 5 N–H and O–H groups in total. The van der Waals surface area contributed by atoms with E-state index in [-0.39, 0.29) is 25.4 Å². The molecule has 0 spiro atoms. The number of phenols is 1. The summed E-state index contributed by atoms with van der Waals surface area (Å²) >= 11 is 0. The van der Waals surface area contributed by atoms with Gasteiger partial charge in [-0.05, 0) is 25.1 Å². The lowest BCUT2D eigenvalue weighted by molar-refractivity contribution is -0.138. The van der Waals surface area contributed by atoms with E-state index < -0.39 is 34.9 Å². The summed E-state index contributed by atoms with van der Waals surface area (Å²) in [6.45, 7) is 0.0361. The average Bonchev–Trinajstić information content (AvgIpc) is 2.20. The van der Waals surface area contributed by atoms with Gasteiger partial charge in [0.25, 0.3) is 0 Å². The normalized spacial score (nSPS) is 13.0. The van der Waals surface area contributed by atoms with E-state index in [1.54, 1.807) is 0 Å². The van der Waals surface area contributed by atoms with E-state index in [0.29, 0.717) is 12.1 Å². The van der Waals surface area contributed by atoms with Crippen LogP contribution in [0.25, 0.3) is 0 Å². The van der Waals surface area contributed by atoms with Gasteiger partial charge < -0.3 is 16.6 Å². The van der Waals surface area contributed by atoms with Crippen LogP contribution in [0.2, 0.25) is 0 Å². The van der Waals surface area contributed by atoms with E-state index in [9.17, 15) is 22.7 Å². The topological polar surface area (TPSA) is 72.3 Å². The van der Waals surface area contributed by atoms with E-state index in [1.807, 2.05) is 0 Å². The summed E-state index contributed by atoms with van der Waals surface area (Å²) in [7, 11) is 0. The molecule has 0 amide bonds. The fourth-order valence-corrected chi connectivity index (χ4v) is 1.53. The highest BCUT2D eigenvalue weighted by Crippen LogP contribution is 2.40. The Labute approximate surface area is 107 Å². The largest absolute Gasteiger partial charge is 0.505 e. The van der Waals surface area contributed by atoms with Crippen LogP contribution >= 0.6 is 12.4 Å². The first-order valence-electron chi connectivity index (χ1n) is 4.83. The maximum absolute atomic E-state index is 13.0. The third kappa shape index (κ3) is 3.47. The van der Waals surface area contributed by atoms with Crippen molar-refractivity contribution in [1.29, 1.82) is 0 Å². The number of halogens is 5. The van der Waals surface area contributed by atoms with E-state index in [0.717, 1.165) is 0 Å². The van der Waals surface area contributed by atoms with Gasteiger partial charge in [-0.2, -0.15) is 13.2 Å². The first kappa shape index (κ1) is 16.9. The molecule has 0 saturated heterocycles. The molecule has 18 heavy (non-hydrogen) atoms. The molecule has 1 rings (SSSR count). The van der Waals surface area contributed by atoms with Gasteiger partial charge in [-0.1, -0.05) is 0 Å². The summed E-state index contributed by atoms with van der Waals surface area (Å²) in [6, 6.07) is -0.0512. The van der Waals surface area contributed by atoms with Crippen LogP contribution in [0.4, 0.5) is 17.6 Å².